The van der Waals surface area contributed by atoms with Crippen molar-refractivity contribution in [1.29, 1.82) is 0 Å². The van der Waals surface area contributed by atoms with E-state index < -0.39 is 5.54 Å². The van der Waals surface area contributed by atoms with Crippen LogP contribution in [0, 0.1) is 0 Å². The molecule has 2 amide bonds. The summed E-state index contributed by atoms with van der Waals surface area (Å²) in [5.74, 6) is 0.344. The molecule has 25 heavy (non-hydrogen) atoms. The number of carbonyl (C=O) groups excluding carboxylic acids is 2. The van der Waals surface area contributed by atoms with Crippen LogP contribution in [0.1, 0.15) is 44.9 Å². The third kappa shape index (κ3) is 2.87. The Morgan fingerprint density at radius 1 is 1.00 bits per heavy atom. The SMILES string of the molecule is O=C(C1=CCCCC1)N1CCC(C(=O)N2CCC2)(n2cccn2)CC1. The Balaban J connectivity index is 1.51. The quantitative estimate of drug-likeness (QED) is 0.843. The Kier molecular flexibility index (Phi) is 4.36. The Hall–Kier alpha value is -2.11. The smallest absolute Gasteiger partial charge is 0.250 e. The third-order valence-electron chi connectivity index (χ3n) is 5.93. The van der Waals surface area contributed by atoms with Crippen molar-refractivity contribution >= 4 is 11.8 Å². The maximum atomic E-state index is 13.1. The van der Waals surface area contributed by atoms with Gasteiger partial charge in [-0.25, -0.2) is 0 Å². The van der Waals surface area contributed by atoms with Gasteiger partial charge in [0, 0.05) is 44.1 Å². The van der Waals surface area contributed by atoms with Crippen molar-refractivity contribution in [3.63, 3.8) is 0 Å². The monoisotopic (exact) mass is 342 g/mol. The summed E-state index contributed by atoms with van der Waals surface area (Å²) in [6, 6.07) is 1.87. The molecule has 0 saturated carbocycles. The minimum Gasteiger partial charge on any atom is -0.340 e. The van der Waals surface area contributed by atoms with E-state index in [1.807, 2.05) is 26.7 Å². The van der Waals surface area contributed by atoms with E-state index >= 15 is 0 Å². The van der Waals surface area contributed by atoms with Gasteiger partial charge in [0.15, 0.2) is 0 Å². The fraction of sp³-hybridized carbons (Fsp3) is 0.632. The highest BCUT2D eigenvalue weighted by atomic mass is 16.2. The van der Waals surface area contributed by atoms with Crippen LogP contribution in [-0.4, -0.2) is 57.6 Å². The number of piperidine rings is 1. The maximum Gasteiger partial charge on any atom is 0.250 e. The fourth-order valence-electron chi connectivity index (χ4n) is 4.19. The Morgan fingerprint density at radius 3 is 2.36 bits per heavy atom. The highest BCUT2D eigenvalue weighted by molar-refractivity contribution is 5.94. The first-order chi connectivity index (χ1) is 12.2. The molecule has 3 heterocycles. The number of likely N-dealkylation sites (tertiary alicyclic amines) is 2. The average Bonchev–Trinajstić information content (AvgIpc) is 3.15. The number of amides is 2. The standard InChI is InChI=1S/C19H26N4O2/c24-17(16-6-2-1-3-7-16)21-14-8-19(9-15-21,23-13-4-10-20-23)18(25)22-11-5-12-22/h4,6,10,13H,1-3,5,7-9,11-12,14-15H2. The Morgan fingerprint density at radius 2 is 1.80 bits per heavy atom. The van der Waals surface area contributed by atoms with Crippen LogP contribution >= 0.6 is 0 Å². The second kappa shape index (κ2) is 6.65. The molecule has 0 aromatic carbocycles. The molecular formula is C19H26N4O2. The van der Waals surface area contributed by atoms with Crippen LogP contribution in [0.25, 0.3) is 0 Å². The van der Waals surface area contributed by atoms with Gasteiger partial charge in [-0.3, -0.25) is 14.3 Å². The molecule has 0 radical (unpaired) electrons. The minimum atomic E-state index is -0.623. The van der Waals surface area contributed by atoms with E-state index in [-0.39, 0.29) is 11.8 Å². The van der Waals surface area contributed by atoms with E-state index in [0.29, 0.717) is 25.9 Å². The molecule has 2 aliphatic heterocycles. The highest BCUT2D eigenvalue weighted by Gasteiger charge is 2.47. The predicted molar refractivity (Wildman–Crippen MR) is 93.8 cm³/mol. The van der Waals surface area contributed by atoms with Crippen molar-refractivity contribution in [2.45, 2.75) is 50.5 Å². The van der Waals surface area contributed by atoms with Gasteiger partial charge in [0.1, 0.15) is 5.54 Å². The first kappa shape index (κ1) is 16.4. The largest absolute Gasteiger partial charge is 0.340 e. The van der Waals surface area contributed by atoms with Crippen molar-refractivity contribution in [2.75, 3.05) is 26.2 Å². The molecule has 3 aliphatic rings. The molecule has 6 heteroatoms. The molecule has 0 unspecified atom stereocenters. The highest BCUT2D eigenvalue weighted by Crippen LogP contribution is 2.34. The van der Waals surface area contributed by atoms with Crippen molar-refractivity contribution in [1.82, 2.24) is 19.6 Å². The van der Waals surface area contributed by atoms with Gasteiger partial charge in [-0.05, 0) is 51.0 Å². The maximum absolute atomic E-state index is 13.1. The van der Waals surface area contributed by atoms with Crippen molar-refractivity contribution in [3.8, 4) is 0 Å². The molecule has 0 spiro atoms. The zero-order chi connectivity index (χ0) is 17.3. The summed E-state index contributed by atoms with van der Waals surface area (Å²) in [5, 5.41) is 4.39. The summed E-state index contributed by atoms with van der Waals surface area (Å²) in [7, 11) is 0. The zero-order valence-electron chi connectivity index (χ0n) is 14.7. The molecule has 1 aliphatic carbocycles. The Labute approximate surface area is 148 Å². The summed E-state index contributed by atoms with van der Waals surface area (Å²) in [5.41, 5.74) is 0.341. The number of carbonyl (C=O) groups is 2. The number of hydrogen-bond donors (Lipinski definition) is 0. The molecule has 134 valence electrons. The van der Waals surface area contributed by atoms with E-state index in [2.05, 4.69) is 11.2 Å². The van der Waals surface area contributed by atoms with Gasteiger partial charge in [-0.15, -0.1) is 0 Å². The first-order valence-electron chi connectivity index (χ1n) is 9.48. The molecule has 1 aromatic rings. The average molecular weight is 342 g/mol. The van der Waals surface area contributed by atoms with E-state index in [4.69, 9.17) is 0 Å². The van der Waals surface area contributed by atoms with Crippen molar-refractivity contribution in [3.05, 3.63) is 30.1 Å². The topological polar surface area (TPSA) is 58.4 Å². The van der Waals surface area contributed by atoms with Crippen LogP contribution in [0.4, 0.5) is 0 Å². The molecule has 4 rings (SSSR count). The number of hydrogen-bond acceptors (Lipinski definition) is 3. The molecule has 2 fully saturated rings. The van der Waals surface area contributed by atoms with E-state index in [1.54, 1.807) is 6.20 Å². The number of nitrogens with zero attached hydrogens (tertiary/aromatic N) is 4. The van der Waals surface area contributed by atoms with E-state index in [9.17, 15) is 9.59 Å². The molecule has 6 nitrogen and oxygen atoms in total. The molecule has 0 N–H and O–H groups in total. The van der Waals surface area contributed by atoms with E-state index in [1.165, 1.54) is 6.42 Å². The van der Waals surface area contributed by atoms with Gasteiger partial charge in [0.2, 0.25) is 5.91 Å². The molecular weight excluding hydrogens is 316 g/mol. The number of aromatic nitrogens is 2. The Bertz CT molecular complexity index is 668. The number of rotatable bonds is 3. The van der Waals surface area contributed by atoms with Gasteiger partial charge in [0.25, 0.3) is 5.91 Å². The van der Waals surface area contributed by atoms with Gasteiger partial charge in [-0.1, -0.05) is 6.08 Å². The van der Waals surface area contributed by atoms with Gasteiger partial charge in [-0.2, -0.15) is 5.10 Å². The zero-order valence-corrected chi connectivity index (χ0v) is 14.7. The second-order valence-electron chi connectivity index (χ2n) is 7.40. The van der Waals surface area contributed by atoms with Crippen LogP contribution in [0.3, 0.4) is 0 Å². The van der Waals surface area contributed by atoms with E-state index in [0.717, 1.165) is 44.3 Å². The minimum absolute atomic E-state index is 0.171. The summed E-state index contributed by atoms with van der Waals surface area (Å²) in [4.78, 5) is 29.8. The summed E-state index contributed by atoms with van der Waals surface area (Å²) in [6.45, 7) is 2.93. The van der Waals surface area contributed by atoms with Gasteiger partial charge >= 0.3 is 0 Å². The number of allylic oxidation sites excluding steroid dienone is 1. The van der Waals surface area contributed by atoms with Gasteiger partial charge < -0.3 is 9.80 Å². The van der Waals surface area contributed by atoms with Crippen LogP contribution < -0.4 is 0 Å². The fourth-order valence-corrected chi connectivity index (χ4v) is 4.19. The van der Waals surface area contributed by atoms with Crippen LogP contribution in [0.2, 0.25) is 0 Å². The van der Waals surface area contributed by atoms with Crippen LogP contribution in [0.5, 0.6) is 0 Å². The first-order valence-corrected chi connectivity index (χ1v) is 9.48. The molecule has 1 aromatic heterocycles. The summed E-state index contributed by atoms with van der Waals surface area (Å²) in [6.07, 6.45) is 12.3. The lowest BCUT2D eigenvalue weighted by molar-refractivity contribution is -0.150. The van der Waals surface area contributed by atoms with Gasteiger partial charge in [0.05, 0.1) is 0 Å². The van der Waals surface area contributed by atoms with Crippen molar-refractivity contribution < 1.29 is 9.59 Å². The predicted octanol–water partition coefficient (Wildman–Crippen LogP) is 1.93. The summed E-state index contributed by atoms with van der Waals surface area (Å²) < 4.78 is 1.83. The van der Waals surface area contributed by atoms with Crippen LogP contribution in [-0.2, 0) is 15.1 Å². The third-order valence-corrected chi connectivity index (χ3v) is 5.93. The molecule has 0 atom stereocenters. The lowest BCUT2D eigenvalue weighted by atomic mass is 9.84. The molecule has 2 saturated heterocycles. The van der Waals surface area contributed by atoms with Crippen molar-refractivity contribution in [2.24, 2.45) is 0 Å². The molecule has 0 bridgehead atoms. The summed E-state index contributed by atoms with van der Waals surface area (Å²) >= 11 is 0. The lowest BCUT2D eigenvalue weighted by Gasteiger charge is -2.45. The van der Waals surface area contributed by atoms with Crippen LogP contribution in [0.15, 0.2) is 30.1 Å². The normalized spacial score (nSPS) is 23.0. The second-order valence-corrected chi connectivity index (χ2v) is 7.40. The lowest BCUT2D eigenvalue weighted by Crippen LogP contribution is -2.59.